The Hall–Kier alpha value is -3.12. The molecule has 0 bridgehead atoms. The van der Waals surface area contributed by atoms with Gasteiger partial charge >= 0.3 is 0 Å². The molecule has 1 aliphatic carbocycles. The lowest BCUT2D eigenvalue weighted by atomic mass is 9.99. The zero-order valence-corrected chi connectivity index (χ0v) is 18.3. The van der Waals surface area contributed by atoms with Gasteiger partial charge in [-0.2, -0.15) is 10.4 Å². The number of hydrogen-bond acceptors (Lipinski definition) is 5. The molecule has 0 saturated carbocycles. The molecule has 3 aromatic rings. The van der Waals surface area contributed by atoms with E-state index in [0.29, 0.717) is 36.3 Å². The quantitative estimate of drug-likeness (QED) is 0.646. The third kappa shape index (κ3) is 3.82. The van der Waals surface area contributed by atoms with Crippen molar-refractivity contribution in [1.29, 1.82) is 5.26 Å². The number of nitriles is 1. The minimum absolute atomic E-state index is 0.111. The van der Waals surface area contributed by atoms with Crippen LogP contribution in [0.25, 0.3) is 11.3 Å². The summed E-state index contributed by atoms with van der Waals surface area (Å²) in [6.45, 7) is 2.80. The highest BCUT2D eigenvalue weighted by molar-refractivity contribution is 5.66. The lowest BCUT2D eigenvalue weighted by molar-refractivity contribution is 0.130. The predicted octanol–water partition coefficient (Wildman–Crippen LogP) is 3.21. The molecule has 0 amide bonds. The Kier molecular flexibility index (Phi) is 5.71. The van der Waals surface area contributed by atoms with Crippen LogP contribution in [0.3, 0.4) is 0 Å². The molecule has 6 nitrogen and oxygen atoms in total. The molecule has 2 heterocycles. The van der Waals surface area contributed by atoms with Crippen LogP contribution < -0.4 is 0 Å². The van der Waals surface area contributed by atoms with Gasteiger partial charge in [0.2, 0.25) is 0 Å². The lowest BCUT2D eigenvalue weighted by Gasteiger charge is -2.29. The van der Waals surface area contributed by atoms with Crippen LogP contribution in [0.15, 0.2) is 36.4 Å². The minimum Gasteiger partial charge on any atom is -0.390 e. The van der Waals surface area contributed by atoms with E-state index in [1.807, 2.05) is 12.1 Å². The maximum Gasteiger partial charge on any atom is 0.129 e. The second kappa shape index (κ2) is 8.67. The summed E-state index contributed by atoms with van der Waals surface area (Å²) in [4.78, 5) is 2.27. The zero-order chi connectivity index (χ0) is 23.1. The van der Waals surface area contributed by atoms with Crippen LogP contribution in [0, 0.1) is 23.0 Å². The maximum atomic E-state index is 14.4. The van der Waals surface area contributed by atoms with Crippen LogP contribution in [0.2, 0.25) is 0 Å². The summed E-state index contributed by atoms with van der Waals surface area (Å²) >= 11 is 0. The van der Waals surface area contributed by atoms with Crippen molar-refractivity contribution in [2.24, 2.45) is 0 Å². The normalized spacial score (nSPS) is 19.8. The molecular weight excluding hydrogens is 426 g/mol. The Balaban J connectivity index is 1.65. The summed E-state index contributed by atoms with van der Waals surface area (Å²) in [5, 5.41) is 25.1. The number of aromatic nitrogens is 2. The van der Waals surface area contributed by atoms with E-state index in [2.05, 4.69) is 11.0 Å². The Morgan fingerprint density at radius 2 is 2.09 bits per heavy atom. The fourth-order valence-electron chi connectivity index (χ4n) is 5.04. The van der Waals surface area contributed by atoms with Crippen molar-refractivity contribution in [2.45, 2.75) is 31.5 Å². The van der Waals surface area contributed by atoms with E-state index in [9.17, 15) is 19.1 Å². The number of hydrogen-bond donors (Lipinski definition) is 1. The highest BCUT2D eigenvalue weighted by Crippen LogP contribution is 2.40. The fraction of sp³-hybridized carbons (Fsp3) is 0.360. The lowest BCUT2D eigenvalue weighted by Crippen LogP contribution is -2.34. The number of halogens is 2. The summed E-state index contributed by atoms with van der Waals surface area (Å²) in [5.41, 5.74) is 4.77. The molecule has 2 aliphatic rings. The molecule has 5 rings (SSSR count). The number of fused-ring (bicyclic) bond motifs is 2. The Morgan fingerprint density at radius 3 is 2.88 bits per heavy atom. The first-order chi connectivity index (χ1) is 16.0. The van der Waals surface area contributed by atoms with Gasteiger partial charge in [0.1, 0.15) is 17.7 Å². The Bertz CT molecular complexity index is 1250. The molecule has 1 aromatic heterocycles. The van der Waals surface area contributed by atoms with Crippen LogP contribution in [0.5, 0.6) is 0 Å². The largest absolute Gasteiger partial charge is 0.390 e. The molecule has 0 radical (unpaired) electrons. The van der Waals surface area contributed by atoms with Gasteiger partial charge in [-0.05, 0) is 29.3 Å². The first-order valence-corrected chi connectivity index (χ1v) is 11.0. The minimum atomic E-state index is -0.912. The van der Waals surface area contributed by atoms with E-state index < -0.39 is 23.8 Å². The number of nitrogens with zero attached hydrogens (tertiary/aromatic N) is 4. The SMILES string of the molecule is COCCN1CCc2c(c(-c3cccc(C#N)c3)nn2C2c3cc(F)cc(F)c3CC2O)C1. The van der Waals surface area contributed by atoms with E-state index in [0.717, 1.165) is 41.7 Å². The Labute approximate surface area is 190 Å². The molecular formula is C25H24F2N4O2. The molecule has 1 aliphatic heterocycles. The van der Waals surface area contributed by atoms with Crippen molar-refractivity contribution < 1.29 is 18.6 Å². The summed E-state index contributed by atoms with van der Waals surface area (Å²) < 4.78 is 35.5. The summed E-state index contributed by atoms with van der Waals surface area (Å²) in [7, 11) is 1.67. The van der Waals surface area contributed by atoms with Crippen LogP contribution in [0.1, 0.15) is 34.0 Å². The van der Waals surface area contributed by atoms with Gasteiger partial charge in [0, 0.05) is 62.5 Å². The number of ether oxygens (including phenoxy) is 1. The topological polar surface area (TPSA) is 74.3 Å². The molecule has 33 heavy (non-hydrogen) atoms. The number of aliphatic hydroxyl groups is 1. The smallest absolute Gasteiger partial charge is 0.129 e. The van der Waals surface area contributed by atoms with Gasteiger partial charge in [-0.3, -0.25) is 9.58 Å². The number of benzene rings is 2. The standard InChI is InChI=1S/C25H24F2N4O2/c1-33-8-7-30-6-5-22-20(14-30)24(16-4-2-3-15(9-16)13-28)29-31(22)25-19-10-17(26)11-21(27)18(19)12-23(25)32/h2-4,9-11,23,25,32H,5-8,12,14H2,1H3. The van der Waals surface area contributed by atoms with Gasteiger partial charge in [0.25, 0.3) is 0 Å². The summed E-state index contributed by atoms with van der Waals surface area (Å²) in [6.07, 6.45) is -0.120. The average molecular weight is 450 g/mol. The monoisotopic (exact) mass is 450 g/mol. The van der Waals surface area contributed by atoms with E-state index >= 15 is 0 Å². The van der Waals surface area contributed by atoms with Crippen molar-refractivity contribution in [3.8, 4) is 17.3 Å². The number of methoxy groups -OCH3 is 1. The van der Waals surface area contributed by atoms with Crippen LogP contribution >= 0.6 is 0 Å². The van der Waals surface area contributed by atoms with Crippen molar-refractivity contribution in [2.75, 3.05) is 26.8 Å². The molecule has 2 unspecified atom stereocenters. The zero-order valence-electron chi connectivity index (χ0n) is 18.3. The molecule has 2 aromatic carbocycles. The second-order valence-electron chi connectivity index (χ2n) is 8.60. The third-order valence-corrected chi connectivity index (χ3v) is 6.60. The predicted molar refractivity (Wildman–Crippen MR) is 117 cm³/mol. The van der Waals surface area contributed by atoms with E-state index in [-0.39, 0.29) is 6.42 Å². The van der Waals surface area contributed by atoms with Gasteiger partial charge in [-0.25, -0.2) is 8.78 Å². The highest BCUT2D eigenvalue weighted by Gasteiger charge is 2.39. The highest BCUT2D eigenvalue weighted by atomic mass is 19.1. The van der Waals surface area contributed by atoms with Gasteiger partial charge in [0.05, 0.1) is 30.0 Å². The van der Waals surface area contributed by atoms with Crippen LogP contribution in [0.4, 0.5) is 8.78 Å². The van der Waals surface area contributed by atoms with Crippen LogP contribution in [-0.4, -0.2) is 52.7 Å². The van der Waals surface area contributed by atoms with Gasteiger partial charge in [0.15, 0.2) is 0 Å². The average Bonchev–Trinajstić information content (AvgIpc) is 3.34. The van der Waals surface area contributed by atoms with Crippen molar-refractivity contribution in [3.05, 3.63) is 76.0 Å². The maximum absolute atomic E-state index is 14.4. The van der Waals surface area contributed by atoms with E-state index in [1.54, 1.807) is 23.9 Å². The first-order valence-electron chi connectivity index (χ1n) is 11.0. The number of rotatable bonds is 5. The summed E-state index contributed by atoms with van der Waals surface area (Å²) in [5.74, 6) is -1.31. The molecule has 0 spiro atoms. The first kappa shape index (κ1) is 21.7. The van der Waals surface area contributed by atoms with Crippen molar-refractivity contribution in [1.82, 2.24) is 14.7 Å². The summed E-state index contributed by atoms with van der Waals surface area (Å²) in [6, 6.07) is 10.9. The van der Waals surface area contributed by atoms with Gasteiger partial charge in [-0.15, -0.1) is 0 Å². The Morgan fingerprint density at radius 1 is 1.24 bits per heavy atom. The fourth-order valence-corrected chi connectivity index (χ4v) is 5.04. The van der Waals surface area contributed by atoms with Crippen molar-refractivity contribution in [3.63, 3.8) is 0 Å². The van der Waals surface area contributed by atoms with Gasteiger partial charge in [-0.1, -0.05) is 12.1 Å². The van der Waals surface area contributed by atoms with Crippen molar-refractivity contribution >= 4 is 0 Å². The second-order valence-corrected chi connectivity index (χ2v) is 8.60. The molecule has 8 heteroatoms. The van der Waals surface area contributed by atoms with Crippen LogP contribution in [-0.2, 0) is 24.1 Å². The molecule has 170 valence electrons. The number of aliphatic hydroxyl groups excluding tert-OH is 1. The molecule has 0 saturated heterocycles. The molecule has 1 N–H and O–H groups in total. The van der Waals surface area contributed by atoms with E-state index in [1.165, 1.54) is 6.07 Å². The van der Waals surface area contributed by atoms with E-state index in [4.69, 9.17) is 9.84 Å². The third-order valence-electron chi connectivity index (χ3n) is 6.60. The van der Waals surface area contributed by atoms with Gasteiger partial charge < -0.3 is 9.84 Å². The molecule has 0 fully saturated rings. The molecule has 2 atom stereocenters.